The second kappa shape index (κ2) is 23.6. The topological polar surface area (TPSA) is 49.9 Å². The number of nitrogens with zero attached hydrogens (tertiary/aromatic N) is 2. The normalized spacial score (nSPS) is 14.7. The molecule has 0 N–H and O–H groups in total. The Balaban J connectivity index is 2.25. The van der Waals surface area contributed by atoms with E-state index in [1.54, 1.807) is 0 Å². The first-order valence-corrected chi connectivity index (χ1v) is 17.0. The molecule has 0 aromatic rings. The third-order valence-corrected chi connectivity index (χ3v) is 8.24. The van der Waals surface area contributed by atoms with E-state index in [-0.39, 0.29) is 6.09 Å². The van der Waals surface area contributed by atoms with Crippen molar-refractivity contribution in [1.29, 1.82) is 0 Å². The predicted octanol–water partition coefficient (Wildman–Crippen LogP) is 9.57. The highest BCUT2D eigenvalue weighted by molar-refractivity contribution is 5.68. The number of carbonyl (C=O) groups excluding carboxylic acids is 2. The Morgan fingerprint density at radius 3 is 1.67 bits per heavy atom. The third kappa shape index (κ3) is 21.3. The molecule has 1 fully saturated rings. The fourth-order valence-electron chi connectivity index (χ4n) is 5.70. The maximum atomic E-state index is 12.4. The second-order valence-corrected chi connectivity index (χ2v) is 13.2. The van der Waals surface area contributed by atoms with E-state index in [0.717, 1.165) is 51.0 Å². The minimum absolute atomic E-state index is 0.150. The molecule has 1 rings (SSSR count). The molecular weight excluding hydrogens is 484 g/mol. The summed E-state index contributed by atoms with van der Waals surface area (Å²) in [5, 5.41) is 0. The summed E-state index contributed by atoms with van der Waals surface area (Å²) in [5.41, 5.74) is -0.420. The first-order chi connectivity index (χ1) is 18.9. The van der Waals surface area contributed by atoms with E-state index in [1.807, 2.05) is 25.7 Å². The first-order valence-electron chi connectivity index (χ1n) is 17.0. The molecule has 230 valence electrons. The molecule has 0 bridgehead atoms. The van der Waals surface area contributed by atoms with Crippen LogP contribution in [0.1, 0.15) is 163 Å². The van der Waals surface area contributed by atoms with Gasteiger partial charge in [-0.3, -0.25) is 0 Å². The Bertz CT molecular complexity index is 581. The number of ether oxygens (including phenoxy) is 1. The highest BCUT2D eigenvalue weighted by Gasteiger charge is 2.27. The van der Waals surface area contributed by atoms with Crippen molar-refractivity contribution in [2.45, 2.75) is 168 Å². The molecule has 0 aliphatic carbocycles. The van der Waals surface area contributed by atoms with Crippen molar-refractivity contribution < 1.29 is 14.3 Å². The van der Waals surface area contributed by atoms with E-state index in [0.29, 0.717) is 0 Å². The standard InChI is InChI=1S/C34H66N2O3/c1-5-6-7-8-9-10-11-12-13-14-17-20-26-35(27-21-18-15-16-19-22-31-37)28-23-32-24-29-36(30-25-32)33(38)39-34(2,3)4/h31-32H,5-30H2,1-4H3. The summed E-state index contributed by atoms with van der Waals surface area (Å²) in [5.74, 6) is 0.719. The molecule has 0 radical (unpaired) electrons. The lowest BCUT2D eigenvalue weighted by Crippen LogP contribution is -2.42. The van der Waals surface area contributed by atoms with Gasteiger partial charge in [0.25, 0.3) is 0 Å². The number of aldehydes is 1. The zero-order chi connectivity index (χ0) is 28.6. The number of rotatable bonds is 24. The van der Waals surface area contributed by atoms with Crippen LogP contribution in [0.15, 0.2) is 0 Å². The van der Waals surface area contributed by atoms with Crippen molar-refractivity contribution in [2.75, 3.05) is 32.7 Å². The number of piperidine rings is 1. The lowest BCUT2D eigenvalue weighted by molar-refractivity contribution is -0.107. The van der Waals surface area contributed by atoms with Gasteiger partial charge < -0.3 is 19.3 Å². The van der Waals surface area contributed by atoms with E-state index >= 15 is 0 Å². The van der Waals surface area contributed by atoms with Crippen molar-refractivity contribution in [3.63, 3.8) is 0 Å². The molecule has 1 saturated heterocycles. The zero-order valence-electron chi connectivity index (χ0n) is 26.7. The van der Waals surface area contributed by atoms with Gasteiger partial charge in [0.2, 0.25) is 0 Å². The van der Waals surface area contributed by atoms with Crippen LogP contribution in [-0.2, 0) is 9.53 Å². The molecule has 0 aromatic heterocycles. The second-order valence-electron chi connectivity index (χ2n) is 13.2. The average molecular weight is 551 g/mol. The van der Waals surface area contributed by atoms with Crippen LogP contribution >= 0.6 is 0 Å². The maximum absolute atomic E-state index is 12.4. The van der Waals surface area contributed by atoms with E-state index in [9.17, 15) is 9.59 Å². The minimum atomic E-state index is -0.420. The number of amides is 1. The van der Waals surface area contributed by atoms with Crippen molar-refractivity contribution in [3.8, 4) is 0 Å². The van der Waals surface area contributed by atoms with Crippen LogP contribution in [0.25, 0.3) is 0 Å². The summed E-state index contributed by atoms with van der Waals surface area (Å²) in [4.78, 5) is 27.5. The molecule has 5 nitrogen and oxygen atoms in total. The molecule has 39 heavy (non-hydrogen) atoms. The van der Waals surface area contributed by atoms with Crippen molar-refractivity contribution in [1.82, 2.24) is 9.80 Å². The Hall–Kier alpha value is -1.10. The largest absolute Gasteiger partial charge is 0.444 e. The van der Waals surface area contributed by atoms with Crippen molar-refractivity contribution >= 4 is 12.4 Å². The Morgan fingerprint density at radius 2 is 1.21 bits per heavy atom. The van der Waals surface area contributed by atoms with Crippen LogP contribution in [0.2, 0.25) is 0 Å². The first kappa shape index (κ1) is 35.9. The predicted molar refractivity (Wildman–Crippen MR) is 166 cm³/mol. The van der Waals surface area contributed by atoms with Crippen molar-refractivity contribution in [2.24, 2.45) is 5.92 Å². The van der Waals surface area contributed by atoms with Crippen LogP contribution in [0.4, 0.5) is 4.79 Å². The highest BCUT2D eigenvalue weighted by Crippen LogP contribution is 2.23. The van der Waals surface area contributed by atoms with Crippen LogP contribution in [0.5, 0.6) is 0 Å². The van der Waals surface area contributed by atoms with Gasteiger partial charge in [0.1, 0.15) is 11.9 Å². The SMILES string of the molecule is CCCCCCCCCCCCCCN(CCCCCCCC=O)CCC1CCN(C(=O)OC(C)(C)C)CC1. The molecule has 0 atom stereocenters. The molecular formula is C34H66N2O3. The molecule has 0 aromatic carbocycles. The lowest BCUT2D eigenvalue weighted by atomic mass is 9.93. The van der Waals surface area contributed by atoms with Crippen LogP contribution in [0.3, 0.4) is 0 Å². The number of likely N-dealkylation sites (tertiary alicyclic amines) is 1. The van der Waals surface area contributed by atoms with Crippen LogP contribution in [-0.4, -0.2) is 60.5 Å². The molecule has 0 unspecified atom stereocenters. The fraction of sp³-hybridized carbons (Fsp3) is 0.941. The smallest absolute Gasteiger partial charge is 0.410 e. The Labute approximate surface area is 243 Å². The Morgan fingerprint density at radius 1 is 0.744 bits per heavy atom. The van der Waals surface area contributed by atoms with Gasteiger partial charge in [0.05, 0.1) is 0 Å². The highest BCUT2D eigenvalue weighted by atomic mass is 16.6. The van der Waals surface area contributed by atoms with Gasteiger partial charge in [0.15, 0.2) is 0 Å². The molecule has 0 saturated carbocycles. The van der Waals surface area contributed by atoms with E-state index in [1.165, 1.54) is 129 Å². The van der Waals surface area contributed by atoms with Gasteiger partial charge in [-0.25, -0.2) is 4.79 Å². The quantitative estimate of drug-likeness (QED) is 0.0886. The molecule has 5 heteroatoms. The number of carbonyl (C=O) groups is 2. The molecule has 1 amide bonds. The van der Waals surface area contributed by atoms with Gasteiger partial charge in [-0.15, -0.1) is 0 Å². The van der Waals surface area contributed by atoms with E-state index in [2.05, 4.69) is 11.8 Å². The average Bonchev–Trinajstić information content (AvgIpc) is 2.90. The third-order valence-electron chi connectivity index (χ3n) is 8.24. The van der Waals surface area contributed by atoms with Gasteiger partial charge >= 0.3 is 6.09 Å². The molecule has 1 aliphatic heterocycles. The summed E-state index contributed by atoms with van der Waals surface area (Å²) < 4.78 is 5.57. The van der Waals surface area contributed by atoms with Gasteiger partial charge in [-0.1, -0.05) is 96.8 Å². The Kier molecular flexibility index (Phi) is 21.7. The molecule has 1 heterocycles. The van der Waals surface area contributed by atoms with Crippen molar-refractivity contribution in [3.05, 3.63) is 0 Å². The van der Waals surface area contributed by atoms with Gasteiger partial charge in [-0.2, -0.15) is 0 Å². The van der Waals surface area contributed by atoms with E-state index in [4.69, 9.17) is 4.74 Å². The number of hydrogen-bond acceptors (Lipinski definition) is 4. The minimum Gasteiger partial charge on any atom is -0.444 e. The summed E-state index contributed by atoms with van der Waals surface area (Å²) in [6.45, 7) is 13.4. The van der Waals surface area contributed by atoms with E-state index < -0.39 is 5.60 Å². The van der Waals surface area contributed by atoms with Crippen LogP contribution in [0, 0.1) is 5.92 Å². The zero-order valence-corrected chi connectivity index (χ0v) is 26.7. The molecule has 0 spiro atoms. The number of hydrogen-bond donors (Lipinski definition) is 0. The summed E-state index contributed by atoms with van der Waals surface area (Å²) in [6.07, 6.45) is 27.9. The monoisotopic (exact) mass is 551 g/mol. The van der Waals surface area contributed by atoms with Gasteiger partial charge in [0, 0.05) is 19.5 Å². The van der Waals surface area contributed by atoms with Gasteiger partial charge in [-0.05, 0) is 84.8 Å². The molecule has 1 aliphatic rings. The van der Waals surface area contributed by atoms with Crippen LogP contribution < -0.4 is 0 Å². The summed E-state index contributed by atoms with van der Waals surface area (Å²) >= 11 is 0. The summed E-state index contributed by atoms with van der Waals surface area (Å²) in [6, 6.07) is 0. The fourth-order valence-corrected chi connectivity index (χ4v) is 5.70. The maximum Gasteiger partial charge on any atom is 0.410 e. The summed E-state index contributed by atoms with van der Waals surface area (Å²) in [7, 11) is 0. The number of unbranched alkanes of at least 4 members (excludes halogenated alkanes) is 16. The lowest BCUT2D eigenvalue weighted by Gasteiger charge is -2.34.